The van der Waals surface area contributed by atoms with Crippen molar-refractivity contribution in [2.75, 3.05) is 0 Å². The fourth-order valence-electron chi connectivity index (χ4n) is 2.41. The predicted molar refractivity (Wildman–Crippen MR) is 94.9 cm³/mol. The van der Waals surface area contributed by atoms with Gasteiger partial charge in [-0.2, -0.15) is 13.2 Å². The van der Waals surface area contributed by atoms with Crippen LogP contribution in [0.3, 0.4) is 0 Å². The maximum Gasteiger partial charge on any atom is 0.416 e. The lowest BCUT2D eigenvalue weighted by Crippen LogP contribution is -2.04. The highest BCUT2D eigenvalue weighted by Gasteiger charge is 2.30. The van der Waals surface area contributed by atoms with Crippen LogP contribution in [0.5, 0.6) is 0 Å². The first-order valence-corrected chi connectivity index (χ1v) is 9.23. The van der Waals surface area contributed by atoms with E-state index in [1.807, 2.05) is 18.2 Å². The van der Waals surface area contributed by atoms with Gasteiger partial charge < -0.3 is 0 Å². The zero-order chi connectivity index (χ0) is 17.6. The Morgan fingerprint density at radius 2 is 1.71 bits per heavy atom. The second-order valence-electron chi connectivity index (χ2n) is 5.69. The molecule has 0 radical (unpaired) electrons. The third-order valence-electron chi connectivity index (χ3n) is 3.72. The van der Waals surface area contributed by atoms with E-state index in [2.05, 4.69) is 6.92 Å². The van der Waals surface area contributed by atoms with E-state index in [1.165, 1.54) is 37.1 Å². The van der Waals surface area contributed by atoms with Crippen LogP contribution in [-0.4, -0.2) is 0 Å². The van der Waals surface area contributed by atoms with Crippen LogP contribution in [0.2, 0.25) is 5.02 Å². The van der Waals surface area contributed by atoms with Gasteiger partial charge in [0.15, 0.2) is 0 Å². The SMILES string of the molecule is CCCCCCc1ccc(Sc2cccc(C(F)(F)F)c2)cc1Cl. The van der Waals surface area contributed by atoms with Crippen molar-refractivity contribution >= 4 is 23.4 Å². The molecule has 2 rings (SSSR count). The average Bonchev–Trinajstić information content (AvgIpc) is 2.53. The molecule has 0 N–H and O–H groups in total. The zero-order valence-electron chi connectivity index (χ0n) is 13.5. The van der Waals surface area contributed by atoms with Gasteiger partial charge in [-0.05, 0) is 48.7 Å². The zero-order valence-corrected chi connectivity index (χ0v) is 15.1. The van der Waals surface area contributed by atoms with Gasteiger partial charge in [-0.25, -0.2) is 0 Å². The summed E-state index contributed by atoms with van der Waals surface area (Å²) in [6.45, 7) is 2.17. The lowest BCUT2D eigenvalue weighted by Gasteiger charge is -2.10. The van der Waals surface area contributed by atoms with Crippen LogP contribution in [-0.2, 0) is 12.6 Å². The number of aryl methyl sites for hydroxylation is 1. The molecule has 0 heterocycles. The van der Waals surface area contributed by atoms with Gasteiger partial charge in [-0.1, -0.05) is 61.7 Å². The summed E-state index contributed by atoms with van der Waals surface area (Å²) in [4.78, 5) is 1.40. The first-order chi connectivity index (χ1) is 11.4. The van der Waals surface area contributed by atoms with E-state index < -0.39 is 11.7 Å². The summed E-state index contributed by atoms with van der Waals surface area (Å²) in [6.07, 6.45) is 1.33. The molecule has 0 spiro atoms. The summed E-state index contributed by atoms with van der Waals surface area (Å²) >= 11 is 7.61. The van der Waals surface area contributed by atoms with Crippen LogP contribution in [0.1, 0.15) is 43.7 Å². The summed E-state index contributed by atoms with van der Waals surface area (Å²) in [5.41, 5.74) is 0.465. The van der Waals surface area contributed by atoms with Crippen molar-refractivity contribution in [3.8, 4) is 0 Å². The molecule has 0 amide bonds. The fraction of sp³-hybridized carbons (Fsp3) is 0.368. The highest BCUT2D eigenvalue weighted by atomic mass is 35.5. The molecular formula is C19H20ClF3S. The average molecular weight is 373 g/mol. The topological polar surface area (TPSA) is 0 Å². The molecule has 0 aliphatic rings. The highest BCUT2D eigenvalue weighted by molar-refractivity contribution is 7.99. The molecular weight excluding hydrogens is 353 g/mol. The number of hydrogen-bond donors (Lipinski definition) is 0. The summed E-state index contributed by atoms with van der Waals surface area (Å²) in [5.74, 6) is 0. The van der Waals surface area contributed by atoms with E-state index in [0.29, 0.717) is 9.92 Å². The summed E-state index contributed by atoms with van der Waals surface area (Å²) in [6, 6.07) is 11.1. The van der Waals surface area contributed by atoms with Gasteiger partial charge in [-0.15, -0.1) is 0 Å². The van der Waals surface area contributed by atoms with Gasteiger partial charge in [0.05, 0.1) is 5.56 Å². The lowest BCUT2D eigenvalue weighted by atomic mass is 10.1. The molecule has 130 valence electrons. The Kier molecular flexibility index (Phi) is 7.05. The minimum absolute atomic E-state index is 0.552. The Balaban J connectivity index is 2.04. The molecule has 0 saturated heterocycles. The van der Waals surface area contributed by atoms with Gasteiger partial charge >= 0.3 is 6.18 Å². The molecule has 0 aliphatic carbocycles. The van der Waals surface area contributed by atoms with Crippen molar-refractivity contribution in [2.24, 2.45) is 0 Å². The van der Waals surface area contributed by atoms with Crippen molar-refractivity contribution in [1.82, 2.24) is 0 Å². The molecule has 0 aromatic heterocycles. The van der Waals surface area contributed by atoms with Crippen molar-refractivity contribution < 1.29 is 13.2 Å². The molecule has 0 unspecified atom stereocenters. The Hall–Kier alpha value is -1.13. The van der Waals surface area contributed by atoms with Gasteiger partial charge in [-0.3, -0.25) is 0 Å². The molecule has 0 atom stereocenters. The Bertz CT molecular complexity index is 668. The third kappa shape index (κ3) is 5.75. The maximum atomic E-state index is 12.8. The van der Waals surface area contributed by atoms with Crippen LogP contribution in [0.25, 0.3) is 0 Å². The van der Waals surface area contributed by atoms with Crippen LogP contribution in [0.15, 0.2) is 52.3 Å². The number of unbranched alkanes of at least 4 members (excludes halogenated alkanes) is 3. The number of halogens is 4. The molecule has 0 bridgehead atoms. The van der Waals surface area contributed by atoms with E-state index >= 15 is 0 Å². The first kappa shape index (κ1) is 19.2. The molecule has 2 aromatic rings. The minimum Gasteiger partial charge on any atom is -0.166 e. The Morgan fingerprint density at radius 3 is 2.38 bits per heavy atom. The largest absolute Gasteiger partial charge is 0.416 e. The normalized spacial score (nSPS) is 11.7. The Labute approximate surface area is 150 Å². The van der Waals surface area contributed by atoms with Gasteiger partial charge in [0.25, 0.3) is 0 Å². The van der Waals surface area contributed by atoms with Crippen LogP contribution in [0, 0.1) is 0 Å². The fourth-order valence-corrected chi connectivity index (χ4v) is 3.67. The van der Waals surface area contributed by atoms with Crippen molar-refractivity contribution in [3.05, 3.63) is 58.6 Å². The van der Waals surface area contributed by atoms with Gasteiger partial charge in [0, 0.05) is 14.8 Å². The number of rotatable bonds is 7. The standard InChI is InChI=1S/C19H20ClF3S/c1-2-3-4-5-7-14-10-11-17(13-18(14)20)24-16-9-6-8-15(12-16)19(21,22)23/h6,8-13H,2-5,7H2,1H3. The first-order valence-electron chi connectivity index (χ1n) is 8.03. The van der Waals surface area contributed by atoms with Crippen molar-refractivity contribution in [1.29, 1.82) is 0 Å². The Morgan fingerprint density at radius 1 is 0.958 bits per heavy atom. The van der Waals surface area contributed by atoms with Crippen molar-refractivity contribution in [3.63, 3.8) is 0 Å². The summed E-state index contributed by atoms with van der Waals surface area (Å²) < 4.78 is 38.3. The van der Waals surface area contributed by atoms with Crippen LogP contribution >= 0.6 is 23.4 Å². The smallest absolute Gasteiger partial charge is 0.166 e. The molecule has 0 fully saturated rings. The minimum atomic E-state index is -4.32. The van der Waals surface area contributed by atoms with Gasteiger partial charge in [0.2, 0.25) is 0 Å². The summed E-state index contributed by atoms with van der Waals surface area (Å²) in [7, 11) is 0. The summed E-state index contributed by atoms with van der Waals surface area (Å²) in [5, 5.41) is 0.684. The predicted octanol–water partition coefficient (Wildman–Crippen LogP) is 7.63. The monoisotopic (exact) mass is 372 g/mol. The number of benzene rings is 2. The van der Waals surface area contributed by atoms with Crippen molar-refractivity contribution in [2.45, 2.75) is 55.0 Å². The molecule has 0 aliphatic heterocycles. The maximum absolute atomic E-state index is 12.8. The van der Waals surface area contributed by atoms with E-state index in [1.54, 1.807) is 6.07 Å². The quantitative estimate of drug-likeness (QED) is 0.450. The second kappa shape index (κ2) is 8.82. The van der Waals surface area contributed by atoms with Gasteiger partial charge in [0.1, 0.15) is 0 Å². The third-order valence-corrected chi connectivity index (χ3v) is 5.05. The molecule has 0 saturated carbocycles. The molecule has 24 heavy (non-hydrogen) atoms. The molecule has 0 nitrogen and oxygen atoms in total. The lowest BCUT2D eigenvalue weighted by molar-refractivity contribution is -0.137. The molecule has 5 heteroatoms. The molecule has 2 aromatic carbocycles. The highest BCUT2D eigenvalue weighted by Crippen LogP contribution is 2.35. The van der Waals surface area contributed by atoms with E-state index in [-0.39, 0.29) is 0 Å². The second-order valence-corrected chi connectivity index (χ2v) is 7.25. The van der Waals surface area contributed by atoms with E-state index in [4.69, 9.17) is 11.6 Å². The number of alkyl halides is 3. The van der Waals surface area contributed by atoms with Crippen LogP contribution < -0.4 is 0 Å². The number of hydrogen-bond acceptors (Lipinski definition) is 1. The van der Waals surface area contributed by atoms with Crippen LogP contribution in [0.4, 0.5) is 13.2 Å². The van der Waals surface area contributed by atoms with E-state index in [9.17, 15) is 13.2 Å². The van der Waals surface area contributed by atoms with E-state index in [0.717, 1.165) is 35.4 Å².